The molecule has 0 aliphatic heterocycles. The Morgan fingerprint density at radius 3 is 2.60 bits per heavy atom. The second-order valence-corrected chi connectivity index (χ2v) is 6.60. The largest absolute Gasteiger partial charge is 0.375 e. The highest BCUT2D eigenvalue weighted by Gasteiger charge is 2.13. The smallest absolute Gasteiger partial charge is 0.180 e. The van der Waals surface area contributed by atoms with Crippen molar-refractivity contribution >= 4 is 27.2 Å². The average Bonchev–Trinajstić information content (AvgIpc) is 2.78. The van der Waals surface area contributed by atoms with Crippen molar-refractivity contribution in [3.8, 4) is 11.3 Å². The van der Waals surface area contributed by atoms with Crippen LogP contribution in [0.2, 0.25) is 0 Å². The van der Waals surface area contributed by atoms with Gasteiger partial charge in [-0.15, -0.1) is 11.3 Å². The summed E-state index contributed by atoms with van der Waals surface area (Å²) in [6.07, 6.45) is 1.02. The fraction of sp³-hybridized carbons (Fsp3) is 0.235. The van der Waals surface area contributed by atoms with Gasteiger partial charge in [-0.1, -0.05) is 50.2 Å². The van der Waals surface area contributed by atoms with Crippen molar-refractivity contribution in [3.63, 3.8) is 0 Å². The van der Waals surface area contributed by atoms with Crippen LogP contribution in [0.15, 0.2) is 42.5 Å². The number of nitrogen functional groups attached to an aromatic ring is 1. The summed E-state index contributed by atoms with van der Waals surface area (Å²) in [5.41, 5.74) is 8.12. The molecular formula is C17H18N2S. The molecule has 3 heteroatoms. The van der Waals surface area contributed by atoms with Crippen molar-refractivity contribution in [2.45, 2.75) is 20.3 Å². The lowest BCUT2D eigenvalue weighted by Gasteiger charge is -2.06. The minimum atomic E-state index is 0.606. The van der Waals surface area contributed by atoms with Gasteiger partial charge in [-0.25, -0.2) is 4.98 Å². The van der Waals surface area contributed by atoms with Crippen molar-refractivity contribution in [1.82, 2.24) is 4.98 Å². The van der Waals surface area contributed by atoms with Crippen molar-refractivity contribution < 1.29 is 0 Å². The first kappa shape index (κ1) is 13.1. The molecule has 2 nitrogen and oxygen atoms in total. The number of benzene rings is 2. The number of thiazole rings is 1. The predicted molar refractivity (Wildman–Crippen MR) is 88.0 cm³/mol. The molecule has 0 radical (unpaired) electrons. The van der Waals surface area contributed by atoms with Crippen LogP contribution in [0.25, 0.3) is 22.0 Å². The molecule has 0 aliphatic rings. The third-order valence-electron chi connectivity index (χ3n) is 3.33. The first-order valence-electron chi connectivity index (χ1n) is 6.88. The quantitative estimate of drug-likeness (QED) is 0.753. The second kappa shape index (κ2) is 5.25. The molecule has 0 unspecified atom stereocenters. The van der Waals surface area contributed by atoms with Crippen molar-refractivity contribution in [1.29, 1.82) is 0 Å². The molecule has 1 aromatic heterocycles. The fourth-order valence-corrected chi connectivity index (χ4v) is 3.51. The maximum atomic E-state index is 5.91. The highest BCUT2D eigenvalue weighted by Crippen LogP contribution is 2.33. The summed E-state index contributed by atoms with van der Waals surface area (Å²) in [4.78, 5) is 5.82. The molecule has 0 bridgehead atoms. The van der Waals surface area contributed by atoms with Gasteiger partial charge in [0.2, 0.25) is 0 Å². The summed E-state index contributed by atoms with van der Waals surface area (Å²) < 4.78 is 0. The first-order valence-corrected chi connectivity index (χ1v) is 7.69. The molecule has 0 aliphatic carbocycles. The minimum absolute atomic E-state index is 0.606. The number of anilines is 1. The molecule has 102 valence electrons. The Morgan fingerprint density at radius 1 is 1.10 bits per heavy atom. The summed E-state index contributed by atoms with van der Waals surface area (Å²) in [6, 6.07) is 14.9. The van der Waals surface area contributed by atoms with Gasteiger partial charge >= 0.3 is 0 Å². The van der Waals surface area contributed by atoms with E-state index in [2.05, 4.69) is 61.3 Å². The fourth-order valence-electron chi connectivity index (χ4n) is 2.44. The molecule has 1 heterocycles. The molecule has 2 aromatic carbocycles. The number of hydrogen-bond acceptors (Lipinski definition) is 3. The van der Waals surface area contributed by atoms with Crippen molar-refractivity contribution in [2.75, 3.05) is 5.73 Å². The zero-order valence-corrected chi connectivity index (χ0v) is 12.6. The highest BCUT2D eigenvalue weighted by molar-refractivity contribution is 7.15. The summed E-state index contributed by atoms with van der Waals surface area (Å²) in [6.45, 7) is 4.44. The van der Waals surface area contributed by atoms with Crippen LogP contribution in [-0.2, 0) is 6.42 Å². The van der Waals surface area contributed by atoms with Crippen LogP contribution < -0.4 is 5.73 Å². The van der Waals surface area contributed by atoms with Crippen LogP contribution >= 0.6 is 11.3 Å². The standard InChI is InChI=1S/C17H18N2S/c1-11(2)9-15-16(19-17(18)20-15)14-8-7-12-5-3-4-6-13(12)10-14/h3-8,10-11H,9H2,1-2H3,(H2,18,19). The van der Waals surface area contributed by atoms with E-state index in [1.807, 2.05) is 0 Å². The number of rotatable bonds is 3. The average molecular weight is 282 g/mol. The monoisotopic (exact) mass is 282 g/mol. The lowest BCUT2D eigenvalue weighted by Crippen LogP contribution is -1.93. The molecule has 0 saturated heterocycles. The highest BCUT2D eigenvalue weighted by atomic mass is 32.1. The summed E-state index contributed by atoms with van der Waals surface area (Å²) in [5.74, 6) is 0.606. The maximum Gasteiger partial charge on any atom is 0.180 e. The molecule has 0 amide bonds. The lowest BCUT2D eigenvalue weighted by molar-refractivity contribution is 0.654. The summed E-state index contributed by atoms with van der Waals surface area (Å²) in [7, 11) is 0. The van der Waals surface area contributed by atoms with Crippen molar-refractivity contribution in [2.24, 2.45) is 5.92 Å². The van der Waals surface area contributed by atoms with E-state index in [4.69, 9.17) is 5.73 Å². The minimum Gasteiger partial charge on any atom is -0.375 e. The van der Waals surface area contributed by atoms with E-state index in [1.54, 1.807) is 11.3 Å². The Labute approximate surface area is 123 Å². The molecule has 2 N–H and O–H groups in total. The zero-order valence-electron chi connectivity index (χ0n) is 11.8. The maximum absolute atomic E-state index is 5.91. The van der Waals surface area contributed by atoms with Gasteiger partial charge in [0, 0.05) is 10.4 Å². The Bertz CT molecular complexity index is 744. The van der Waals surface area contributed by atoms with Gasteiger partial charge in [-0.2, -0.15) is 0 Å². The van der Waals surface area contributed by atoms with E-state index in [0.717, 1.165) is 17.7 Å². The van der Waals surface area contributed by atoms with E-state index in [9.17, 15) is 0 Å². The Hall–Kier alpha value is -1.87. The predicted octanol–water partition coefficient (Wildman–Crippen LogP) is 4.74. The molecule has 20 heavy (non-hydrogen) atoms. The van der Waals surface area contributed by atoms with E-state index < -0.39 is 0 Å². The number of nitrogens with two attached hydrogens (primary N) is 1. The third kappa shape index (κ3) is 2.54. The molecule has 3 rings (SSSR count). The van der Waals surface area contributed by atoms with Gasteiger partial charge in [-0.3, -0.25) is 0 Å². The molecule has 0 spiro atoms. The number of fused-ring (bicyclic) bond motifs is 1. The molecular weight excluding hydrogens is 264 g/mol. The van der Waals surface area contributed by atoms with Crippen LogP contribution in [0.5, 0.6) is 0 Å². The van der Waals surface area contributed by atoms with Crippen LogP contribution in [0.4, 0.5) is 5.13 Å². The number of hydrogen-bond donors (Lipinski definition) is 1. The molecule has 0 atom stereocenters. The molecule has 0 fully saturated rings. The molecule has 3 aromatic rings. The molecule has 0 saturated carbocycles. The van der Waals surface area contributed by atoms with Crippen LogP contribution in [0.3, 0.4) is 0 Å². The summed E-state index contributed by atoms with van der Waals surface area (Å²) >= 11 is 1.61. The van der Waals surface area contributed by atoms with Crippen LogP contribution in [0, 0.1) is 5.92 Å². The van der Waals surface area contributed by atoms with E-state index in [-0.39, 0.29) is 0 Å². The second-order valence-electron chi connectivity index (χ2n) is 5.48. The lowest BCUT2D eigenvalue weighted by atomic mass is 10.0. The summed E-state index contributed by atoms with van der Waals surface area (Å²) in [5, 5.41) is 3.15. The van der Waals surface area contributed by atoms with Gasteiger partial charge in [0.1, 0.15) is 0 Å². The number of aromatic nitrogens is 1. The SMILES string of the molecule is CC(C)Cc1sc(N)nc1-c1ccc2ccccc2c1. The van der Waals surface area contributed by atoms with Gasteiger partial charge in [-0.05, 0) is 29.2 Å². The van der Waals surface area contributed by atoms with Gasteiger partial charge in [0.15, 0.2) is 5.13 Å². The van der Waals surface area contributed by atoms with E-state index in [1.165, 1.54) is 15.6 Å². The van der Waals surface area contributed by atoms with Gasteiger partial charge in [0.05, 0.1) is 5.69 Å². The van der Waals surface area contributed by atoms with Gasteiger partial charge in [0.25, 0.3) is 0 Å². The Kier molecular flexibility index (Phi) is 3.45. The Morgan fingerprint density at radius 2 is 1.85 bits per heavy atom. The third-order valence-corrected chi connectivity index (χ3v) is 4.24. The topological polar surface area (TPSA) is 38.9 Å². The van der Waals surface area contributed by atoms with Crippen LogP contribution in [-0.4, -0.2) is 4.98 Å². The normalized spacial score (nSPS) is 11.3. The van der Waals surface area contributed by atoms with Crippen molar-refractivity contribution in [3.05, 3.63) is 47.3 Å². The number of nitrogens with zero attached hydrogens (tertiary/aromatic N) is 1. The first-order chi connectivity index (χ1) is 9.63. The Balaban J connectivity index is 2.10. The van der Waals surface area contributed by atoms with Crippen LogP contribution in [0.1, 0.15) is 18.7 Å². The van der Waals surface area contributed by atoms with Gasteiger partial charge < -0.3 is 5.73 Å². The van der Waals surface area contributed by atoms with E-state index in [0.29, 0.717) is 11.0 Å². The van der Waals surface area contributed by atoms with E-state index >= 15 is 0 Å². The zero-order chi connectivity index (χ0) is 14.1.